The van der Waals surface area contributed by atoms with Crippen LogP contribution >= 0.6 is 0 Å². The Bertz CT molecular complexity index is 588. The van der Waals surface area contributed by atoms with Gasteiger partial charge in [0.1, 0.15) is 6.61 Å². The van der Waals surface area contributed by atoms with E-state index in [0.717, 1.165) is 12.8 Å². The smallest absolute Gasteiger partial charge is 0.407 e. The molecule has 4 heteroatoms. The number of hydrogen-bond donors (Lipinski definition) is 1. The van der Waals surface area contributed by atoms with Crippen LogP contribution in [0.25, 0.3) is 0 Å². The van der Waals surface area contributed by atoms with Crippen molar-refractivity contribution >= 4 is 6.09 Å². The number of amides is 1. The van der Waals surface area contributed by atoms with Gasteiger partial charge in [-0.05, 0) is 44.4 Å². The maximum absolute atomic E-state index is 12.4. The van der Waals surface area contributed by atoms with Gasteiger partial charge in [0.05, 0.1) is 12.2 Å². The topological polar surface area (TPSA) is 47.6 Å². The number of ether oxygens (including phenoxy) is 2. The van der Waals surface area contributed by atoms with Crippen LogP contribution in [0.5, 0.6) is 0 Å². The van der Waals surface area contributed by atoms with Crippen molar-refractivity contribution in [1.82, 2.24) is 5.32 Å². The summed E-state index contributed by atoms with van der Waals surface area (Å²) in [6, 6.07) is 0.296. The molecule has 27 heavy (non-hydrogen) atoms. The van der Waals surface area contributed by atoms with Crippen LogP contribution in [0.2, 0.25) is 0 Å². The SMILES string of the molecule is CC1=C[C@H](C)[C@@]2(COC(=O)NC3CCCCC3)COC3(CCCC3)[C@H]1[C@@H]2C. The first kappa shape index (κ1) is 19.3. The average molecular weight is 376 g/mol. The molecule has 1 spiro atoms. The molecule has 1 saturated heterocycles. The Balaban J connectivity index is 1.45. The Morgan fingerprint density at radius 3 is 2.59 bits per heavy atom. The van der Waals surface area contributed by atoms with Gasteiger partial charge in [0.25, 0.3) is 0 Å². The quantitative estimate of drug-likeness (QED) is 0.688. The third kappa shape index (κ3) is 3.32. The second-order valence-corrected chi connectivity index (χ2v) is 9.81. The Kier molecular flexibility index (Phi) is 5.30. The van der Waals surface area contributed by atoms with Crippen molar-refractivity contribution in [2.75, 3.05) is 13.2 Å². The molecule has 0 aromatic carbocycles. The molecule has 2 saturated carbocycles. The molecule has 4 aliphatic rings. The molecule has 3 aliphatic carbocycles. The van der Waals surface area contributed by atoms with Crippen molar-refractivity contribution in [3.8, 4) is 0 Å². The summed E-state index contributed by atoms with van der Waals surface area (Å²) in [6.45, 7) is 8.11. The van der Waals surface area contributed by atoms with E-state index in [1.165, 1.54) is 50.5 Å². The lowest BCUT2D eigenvalue weighted by molar-refractivity contribution is -0.212. The van der Waals surface area contributed by atoms with Gasteiger partial charge in [-0.1, -0.05) is 57.6 Å². The van der Waals surface area contributed by atoms with Crippen LogP contribution in [-0.2, 0) is 9.47 Å². The fraction of sp³-hybridized carbons (Fsp3) is 0.870. The number of alkyl carbamates (subject to hydrolysis) is 1. The second-order valence-electron chi connectivity index (χ2n) is 9.81. The van der Waals surface area contributed by atoms with Crippen LogP contribution in [0.4, 0.5) is 4.79 Å². The van der Waals surface area contributed by atoms with Gasteiger partial charge < -0.3 is 14.8 Å². The van der Waals surface area contributed by atoms with E-state index in [1.54, 1.807) is 0 Å². The van der Waals surface area contributed by atoms with Crippen molar-refractivity contribution in [3.63, 3.8) is 0 Å². The summed E-state index contributed by atoms with van der Waals surface area (Å²) >= 11 is 0. The van der Waals surface area contributed by atoms with E-state index in [1.807, 2.05) is 0 Å². The second kappa shape index (κ2) is 7.42. The number of allylic oxidation sites excluding steroid dienone is 1. The van der Waals surface area contributed by atoms with Gasteiger partial charge in [0.2, 0.25) is 0 Å². The van der Waals surface area contributed by atoms with Crippen molar-refractivity contribution in [1.29, 1.82) is 0 Å². The molecule has 0 radical (unpaired) electrons. The van der Waals surface area contributed by atoms with E-state index < -0.39 is 0 Å². The molecule has 1 N–H and O–H groups in total. The zero-order chi connectivity index (χ0) is 19.1. The lowest BCUT2D eigenvalue weighted by Crippen LogP contribution is -2.61. The molecule has 1 heterocycles. The molecule has 2 bridgehead atoms. The van der Waals surface area contributed by atoms with Gasteiger partial charge in [0, 0.05) is 17.4 Å². The van der Waals surface area contributed by atoms with Crippen molar-refractivity contribution < 1.29 is 14.3 Å². The first-order valence-electron chi connectivity index (χ1n) is 11.2. The van der Waals surface area contributed by atoms with Gasteiger partial charge in [0.15, 0.2) is 0 Å². The molecule has 0 unspecified atom stereocenters. The normalized spacial score (nSPS) is 38.5. The largest absolute Gasteiger partial charge is 0.449 e. The highest BCUT2D eigenvalue weighted by molar-refractivity contribution is 5.67. The van der Waals surface area contributed by atoms with Gasteiger partial charge in [-0.25, -0.2) is 4.79 Å². The summed E-state index contributed by atoms with van der Waals surface area (Å²) in [6.07, 6.45) is 13.0. The molecular weight excluding hydrogens is 338 g/mol. The van der Waals surface area contributed by atoms with Crippen molar-refractivity contribution in [3.05, 3.63) is 11.6 Å². The number of carbonyl (C=O) groups is 1. The summed E-state index contributed by atoms with van der Waals surface area (Å²) in [4.78, 5) is 12.4. The van der Waals surface area contributed by atoms with Crippen LogP contribution in [0, 0.1) is 23.2 Å². The zero-order valence-corrected chi connectivity index (χ0v) is 17.4. The zero-order valence-electron chi connectivity index (χ0n) is 17.4. The summed E-state index contributed by atoms with van der Waals surface area (Å²) in [5.74, 6) is 1.31. The highest BCUT2D eigenvalue weighted by Crippen LogP contribution is 2.59. The molecule has 3 fully saturated rings. The van der Waals surface area contributed by atoms with Crippen molar-refractivity contribution in [2.45, 2.75) is 90.2 Å². The Labute approximate surface area is 164 Å². The minimum atomic E-state index is -0.236. The van der Waals surface area contributed by atoms with E-state index in [9.17, 15) is 4.79 Å². The van der Waals surface area contributed by atoms with Crippen LogP contribution in [0.15, 0.2) is 11.6 Å². The maximum atomic E-state index is 12.4. The minimum Gasteiger partial charge on any atom is -0.449 e. The fourth-order valence-electron chi connectivity index (χ4n) is 6.69. The average Bonchev–Trinajstić information content (AvgIpc) is 3.10. The number of rotatable bonds is 3. The molecular formula is C23H37NO3. The van der Waals surface area contributed by atoms with Crippen LogP contribution in [0.3, 0.4) is 0 Å². The minimum absolute atomic E-state index is 0.0357. The Hall–Kier alpha value is -1.03. The number of carbonyl (C=O) groups excluding carboxylic acids is 1. The van der Waals surface area contributed by atoms with Gasteiger partial charge >= 0.3 is 6.09 Å². The summed E-state index contributed by atoms with van der Waals surface area (Å²) < 4.78 is 12.5. The molecule has 152 valence electrons. The van der Waals surface area contributed by atoms with Crippen LogP contribution in [-0.4, -0.2) is 30.9 Å². The number of hydrogen-bond acceptors (Lipinski definition) is 3. The third-order valence-corrected chi connectivity index (χ3v) is 8.36. The molecule has 4 nitrogen and oxygen atoms in total. The summed E-state index contributed by atoms with van der Waals surface area (Å²) in [5.41, 5.74) is 1.43. The molecule has 4 rings (SSSR count). The standard InChI is InChI=1S/C23H37NO3/c1-16-13-17(2)22(14-26-21(25)24-19-9-5-4-6-10-19)15-27-23(11-7-8-12-23)20(16)18(22)3/h13,17-20H,4-12,14-15H2,1-3H3,(H,24,25)/t17-,18-,20+,22+/m0/s1. The van der Waals surface area contributed by atoms with Crippen molar-refractivity contribution in [2.24, 2.45) is 23.2 Å². The number of nitrogens with one attached hydrogen (secondary N) is 1. The summed E-state index contributed by atoms with van der Waals surface area (Å²) in [5, 5.41) is 3.10. The Morgan fingerprint density at radius 2 is 1.89 bits per heavy atom. The lowest BCUT2D eigenvalue weighted by atomic mass is 9.53. The summed E-state index contributed by atoms with van der Waals surface area (Å²) in [7, 11) is 0. The highest BCUT2D eigenvalue weighted by atomic mass is 16.6. The maximum Gasteiger partial charge on any atom is 0.407 e. The Morgan fingerprint density at radius 1 is 1.19 bits per heavy atom. The lowest BCUT2D eigenvalue weighted by Gasteiger charge is -2.59. The predicted octanol–water partition coefficient (Wildman–Crippen LogP) is 5.22. The van der Waals surface area contributed by atoms with Gasteiger partial charge in [-0.15, -0.1) is 0 Å². The first-order chi connectivity index (χ1) is 13.0. The molecule has 4 atom stereocenters. The fourth-order valence-corrected chi connectivity index (χ4v) is 6.69. The van der Waals surface area contributed by atoms with Crippen LogP contribution in [0.1, 0.15) is 78.6 Å². The third-order valence-electron chi connectivity index (χ3n) is 8.36. The van der Waals surface area contributed by atoms with Gasteiger partial charge in [-0.2, -0.15) is 0 Å². The molecule has 1 amide bonds. The van der Waals surface area contributed by atoms with E-state index in [4.69, 9.17) is 9.47 Å². The van der Waals surface area contributed by atoms with E-state index in [0.29, 0.717) is 37.0 Å². The first-order valence-corrected chi connectivity index (χ1v) is 11.2. The predicted molar refractivity (Wildman–Crippen MR) is 107 cm³/mol. The van der Waals surface area contributed by atoms with Gasteiger partial charge in [-0.3, -0.25) is 0 Å². The highest BCUT2D eigenvalue weighted by Gasteiger charge is 2.60. The van der Waals surface area contributed by atoms with E-state index in [-0.39, 0.29) is 17.1 Å². The molecule has 0 aromatic heterocycles. The molecule has 1 aliphatic heterocycles. The number of fused-ring (bicyclic) bond motifs is 3. The van der Waals surface area contributed by atoms with Crippen LogP contribution < -0.4 is 5.32 Å². The monoisotopic (exact) mass is 375 g/mol. The van der Waals surface area contributed by atoms with E-state index in [2.05, 4.69) is 32.2 Å². The van der Waals surface area contributed by atoms with E-state index >= 15 is 0 Å². The molecule has 0 aromatic rings.